The number of methoxy groups -OCH3 is 1. The molecule has 1 atom stereocenters. The number of carbonyl (C=O) groups excluding carboxylic acids is 1. The minimum atomic E-state index is -0.483. The van der Waals surface area contributed by atoms with Crippen molar-refractivity contribution in [1.82, 2.24) is 5.32 Å². The minimum absolute atomic E-state index is 0.103. The minimum Gasteiger partial charge on any atom is -0.481 e. The molecule has 0 aliphatic carbocycles. The molecule has 0 spiro atoms. The van der Waals surface area contributed by atoms with Crippen LogP contribution >= 0.6 is 11.6 Å². The smallest absolute Gasteiger partial charge is 0.261 e. The largest absolute Gasteiger partial charge is 0.481 e. The SMILES string of the molecule is CC[C@@H](Oc1ccc(Cl)cc1)C(=O)NCCCOC. The standard InChI is InChI=1S/C14H20ClNO3/c1-3-13(14(17)16-9-4-10-18-2)19-12-7-5-11(15)6-8-12/h5-8,13H,3-4,9-10H2,1-2H3,(H,16,17)/t13-/m1/s1. The molecular weight excluding hydrogens is 266 g/mol. The fourth-order valence-corrected chi connectivity index (χ4v) is 1.67. The number of amides is 1. The molecule has 0 aromatic heterocycles. The number of hydrogen-bond acceptors (Lipinski definition) is 3. The van der Waals surface area contributed by atoms with Gasteiger partial charge in [0.1, 0.15) is 5.75 Å². The lowest BCUT2D eigenvalue weighted by Gasteiger charge is -2.17. The lowest BCUT2D eigenvalue weighted by molar-refractivity contribution is -0.128. The first kappa shape index (κ1) is 15.8. The quantitative estimate of drug-likeness (QED) is 0.747. The van der Waals surface area contributed by atoms with Crippen molar-refractivity contribution in [3.63, 3.8) is 0 Å². The molecule has 1 N–H and O–H groups in total. The molecule has 0 fully saturated rings. The summed E-state index contributed by atoms with van der Waals surface area (Å²) in [5.41, 5.74) is 0. The van der Waals surface area contributed by atoms with E-state index < -0.39 is 6.10 Å². The fourth-order valence-electron chi connectivity index (χ4n) is 1.54. The van der Waals surface area contributed by atoms with Crippen LogP contribution < -0.4 is 10.1 Å². The zero-order valence-corrected chi connectivity index (χ0v) is 12.1. The van der Waals surface area contributed by atoms with Crippen molar-refractivity contribution < 1.29 is 14.3 Å². The molecule has 0 saturated carbocycles. The average molecular weight is 286 g/mol. The van der Waals surface area contributed by atoms with Crippen molar-refractivity contribution in [3.05, 3.63) is 29.3 Å². The van der Waals surface area contributed by atoms with Gasteiger partial charge < -0.3 is 14.8 Å². The van der Waals surface area contributed by atoms with Gasteiger partial charge in [-0.1, -0.05) is 18.5 Å². The van der Waals surface area contributed by atoms with Gasteiger partial charge in [0.25, 0.3) is 5.91 Å². The lowest BCUT2D eigenvalue weighted by atomic mass is 10.2. The van der Waals surface area contributed by atoms with E-state index >= 15 is 0 Å². The Hall–Kier alpha value is -1.26. The van der Waals surface area contributed by atoms with Crippen LogP contribution in [0.25, 0.3) is 0 Å². The predicted molar refractivity (Wildman–Crippen MR) is 75.7 cm³/mol. The molecular formula is C14H20ClNO3. The Morgan fingerprint density at radius 1 is 1.37 bits per heavy atom. The first-order valence-corrected chi connectivity index (χ1v) is 6.74. The Balaban J connectivity index is 2.43. The van der Waals surface area contributed by atoms with Crippen LogP contribution in [0.3, 0.4) is 0 Å². The summed E-state index contributed by atoms with van der Waals surface area (Å²) in [6.07, 6.45) is 0.918. The zero-order valence-electron chi connectivity index (χ0n) is 11.3. The molecule has 1 aromatic carbocycles. The Bertz CT molecular complexity index is 381. The molecule has 0 aliphatic rings. The summed E-state index contributed by atoms with van der Waals surface area (Å²) in [4.78, 5) is 11.9. The number of hydrogen-bond donors (Lipinski definition) is 1. The van der Waals surface area contributed by atoms with Gasteiger partial charge in [-0.05, 0) is 37.1 Å². The van der Waals surface area contributed by atoms with Crippen molar-refractivity contribution in [2.75, 3.05) is 20.3 Å². The van der Waals surface area contributed by atoms with Crippen molar-refractivity contribution in [2.45, 2.75) is 25.9 Å². The Morgan fingerprint density at radius 3 is 2.63 bits per heavy atom. The van der Waals surface area contributed by atoms with E-state index in [1.54, 1.807) is 31.4 Å². The summed E-state index contributed by atoms with van der Waals surface area (Å²) >= 11 is 5.80. The van der Waals surface area contributed by atoms with Crippen molar-refractivity contribution >= 4 is 17.5 Å². The van der Waals surface area contributed by atoms with E-state index in [0.717, 1.165) is 6.42 Å². The molecule has 0 unspecified atom stereocenters. The molecule has 1 amide bonds. The highest BCUT2D eigenvalue weighted by atomic mass is 35.5. The molecule has 1 aromatic rings. The molecule has 4 nitrogen and oxygen atoms in total. The van der Waals surface area contributed by atoms with Crippen LogP contribution in [0.2, 0.25) is 5.02 Å². The van der Waals surface area contributed by atoms with Gasteiger partial charge in [-0.15, -0.1) is 0 Å². The van der Waals surface area contributed by atoms with Crippen molar-refractivity contribution in [2.24, 2.45) is 0 Å². The van der Waals surface area contributed by atoms with Gasteiger partial charge in [0.2, 0.25) is 0 Å². The highest BCUT2D eigenvalue weighted by Crippen LogP contribution is 2.17. The number of halogens is 1. The van der Waals surface area contributed by atoms with Gasteiger partial charge in [0, 0.05) is 25.3 Å². The molecule has 5 heteroatoms. The van der Waals surface area contributed by atoms with Gasteiger partial charge in [0.15, 0.2) is 6.10 Å². The summed E-state index contributed by atoms with van der Waals surface area (Å²) in [6.45, 7) is 3.14. The second kappa shape index (κ2) is 8.77. The van der Waals surface area contributed by atoms with Gasteiger partial charge in [-0.25, -0.2) is 0 Å². The van der Waals surface area contributed by atoms with Gasteiger partial charge in [0.05, 0.1) is 0 Å². The lowest BCUT2D eigenvalue weighted by Crippen LogP contribution is -2.38. The second-order valence-electron chi connectivity index (χ2n) is 4.11. The molecule has 0 saturated heterocycles. The number of nitrogens with one attached hydrogen (secondary N) is 1. The first-order chi connectivity index (χ1) is 9.17. The van der Waals surface area contributed by atoms with E-state index in [9.17, 15) is 4.79 Å². The third kappa shape index (κ3) is 5.94. The van der Waals surface area contributed by atoms with Crippen LogP contribution in [0, 0.1) is 0 Å². The van der Waals surface area contributed by atoms with Crippen LogP contribution in [0.5, 0.6) is 5.75 Å². The van der Waals surface area contributed by atoms with E-state index in [4.69, 9.17) is 21.1 Å². The maximum atomic E-state index is 11.9. The highest BCUT2D eigenvalue weighted by Gasteiger charge is 2.17. The molecule has 0 radical (unpaired) electrons. The maximum Gasteiger partial charge on any atom is 0.261 e. The molecule has 0 aliphatic heterocycles. The summed E-state index contributed by atoms with van der Waals surface area (Å²) in [7, 11) is 1.64. The molecule has 0 heterocycles. The Labute approximate surface area is 119 Å². The van der Waals surface area contributed by atoms with E-state index in [1.165, 1.54) is 0 Å². The topological polar surface area (TPSA) is 47.6 Å². The predicted octanol–water partition coefficient (Wildman–Crippen LogP) is 2.65. The van der Waals surface area contributed by atoms with Crippen LogP contribution in [0.15, 0.2) is 24.3 Å². The summed E-state index contributed by atoms with van der Waals surface area (Å²) < 4.78 is 10.6. The number of carbonyl (C=O) groups is 1. The van der Waals surface area contributed by atoms with Gasteiger partial charge in [-0.2, -0.15) is 0 Å². The molecule has 1 rings (SSSR count). The zero-order chi connectivity index (χ0) is 14.1. The van der Waals surface area contributed by atoms with E-state index in [2.05, 4.69) is 5.32 Å². The van der Waals surface area contributed by atoms with Gasteiger partial charge >= 0.3 is 0 Å². The highest BCUT2D eigenvalue weighted by molar-refractivity contribution is 6.30. The first-order valence-electron chi connectivity index (χ1n) is 6.36. The molecule has 0 bridgehead atoms. The maximum absolute atomic E-state index is 11.9. The van der Waals surface area contributed by atoms with E-state index in [1.807, 2.05) is 6.92 Å². The number of rotatable bonds is 8. The number of ether oxygens (including phenoxy) is 2. The monoisotopic (exact) mass is 285 g/mol. The third-order valence-corrected chi connectivity index (χ3v) is 2.83. The Morgan fingerprint density at radius 2 is 2.05 bits per heavy atom. The Kier molecular flexibility index (Phi) is 7.30. The molecule has 19 heavy (non-hydrogen) atoms. The summed E-state index contributed by atoms with van der Waals surface area (Å²) in [5, 5.41) is 3.47. The van der Waals surface area contributed by atoms with Crippen LogP contribution in [0.1, 0.15) is 19.8 Å². The van der Waals surface area contributed by atoms with E-state index in [0.29, 0.717) is 30.3 Å². The fraction of sp³-hybridized carbons (Fsp3) is 0.500. The summed E-state index contributed by atoms with van der Waals surface area (Å²) in [6, 6.07) is 6.98. The van der Waals surface area contributed by atoms with Crippen LogP contribution in [0.4, 0.5) is 0 Å². The number of benzene rings is 1. The van der Waals surface area contributed by atoms with Crippen LogP contribution in [-0.4, -0.2) is 32.3 Å². The van der Waals surface area contributed by atoms with E-state index in [-0.39, 0.29) is 5.91 Å². The van der Waals surface area contributed by atoms with Gasteiger partial charge in [-0.3, -0.25) is 4.79 Å². The third-order valence-electron chi connectivity index (χ3n) is 2.58. The molecule has 106 valence electrons. The van der Waals surface area contributed by atoms with Crippen molar-refractivity contribution in [3.8, 4) is 5.75 Å². The van der Waals surface area contributed by atoms with Crippen LogP contribution in [-0.2, 0) is 9.53 Å². The second-order valence-corrected chi connectivity index (χ2v) is 4.54. The average Bonchev–Trinajstić information content (AvgIpc) is 2.42. The normalized spacial score (nSPS) is 11.9. The van der Waals surface area contributed by atoms with Crippen molar-refractivity contribution in [1.29, 1.82) is 0 Å². The summed E-state index contributed by atoms with van der Waals surface area (Å²) in [5.74, 6) is 0.539.